The smallest absolute Gasteiger partial charge is 0.239 e. The van der Waals surface area contributed by atoms with Gasteiger partial charge in [-0.1, -0.05) is 0 Å². The number of hydrogen-bond donors (Lipinski definition) is 1. The van der Waals surface area contributed by atoms with Crippen LogP contribution in [0, 0.1) is 0 Å². The van der Waals surface area contributed by atoms with Crippen molar-refractivity contribution in [3.8, 4) is 0 Å². The van der Waals surface area contributed by atoms with Gasteiger partial charge >= 0.3 is 0 Å². The molecule has 17 heavy (non-hydrogen) atoms. The maximum absolute atomic E-state index is 12.2. The first-order chi connectivity index (χ1) is 7.68. The maximum atomic E-state index is 12.2. The molecule has 2 rings (SSSR count). The van der Waals surface area contributed by atoms with Crippen molar-refractivity contribution in [1.29, 1.82) is 0 Å². The van der Waals surface area contributed by atoms with Gasteiger partial charge in [0.1, 0.15) is 0 Å². The molecule has 0 radical (unpaired) electrons. The third kappa shape index (κ3) is 3.57. The number of piperidine rings is 1. The predicted molar refractivity (Wildman–Crippen MR) is 71.6 cm³/mol. The molecule has 0 aromatic rings. The van der Waals surface area contributed by atoms with Crippen LogP contribution in [0.2, 0.25) is 0 Å². The van der Waals surface area contributed by atoms with E-state index in [1.54, 1.807) is 0 Å². The van der Waals surface area contributed by atoms with Crippen molar-refractivity contribution in [3.05, 3.63) is 0 Å². The minimum atomic E-state index is 0. The first-order valence-electron chi connectivity index (χ1n) is 6.37. The normalized spacial score (nSPS) is 26.6. The van der Waals surface area contributed by atoms with Crippen LogP contribution in [0.5, 0.6) is 0 Å². The van der Waals surface area contributed by atoms with Gasteiger partial charge in [-0.2, -0.15) is 0 Å². The van der Waals surface area contributed by atoms with E-state index in [-0.39, 0.29) is 18.4 Å². The number of nitrogens with one attached hydrogen (secondary N) is 1. The number of likely N-dealkylation sites (tertiary alicyclic amines) is 1. The summed E-state index contributed by atoms with van der Waals surface area (Å²) in [5.41, 5.74) is 0. The molecule has 1 N–H and O–H groups in total. The molecule has 2 saturated heterocycles. The summed E-state index contributed by atoms with van der Waals surface area (Å²) in [5.74, 6) is 0.298. The molecule has 4 nitrogen and oxygen atoms in total. The fraction of sp³-hybridized carbons (Fsp3) is 0.917. The number of hydrogen-bond acceptors (Lipinski definition) is 3. The SMILES string of the molecule is CN1CCC(N(C)C(=O)C2CCCN2)CC1.Cl. The molecule has 0 spiro atoms. The number of likely N-dealkylation sites (N-methyl/N-ethyl adjacent to an activating group) is 1. The molecule has 1 amide bonds. The Bertz CT molecular complexity index is 248. The summed E-state index contributed by atoms with van der Waals surface area (Å²) in [5, 5.41) is 3.28. The molecule has 1 unspecified atom stereocenters. The first-order valence-corrected chi connectivity index (χ1v) is 6.37. The lowest BCUT2D eigenvalue weighted by atomic mass is 10.0. The van der Waals surface area contributed by atoms with Crippen molar-refractivity contribution in [1.82, 2.24) is 15.1 Å². The summed E-state index contributed by atoms with van der Waals surface area (Å²) in [6, 6.07) is 0.538. The van der Waals surface area contributed by atoms with Crippen molar-refractivity contribution in [2.75, 3.05) is 33.7 Å². The predicted octanol–water partition coefficient (Wildman–Crippen LogP) is 0.713. The topological polar surface area (TPSA) is 35.6 Å². The zero-order valence-corrected chi connectivity index (χ0v) is 11.6. The zero-order chi connectivity index (χ0) is 11.5. The van der Waals surface area contributed by atoms with Crippen LogP contribution in [0.3, 0.4) is 0 Å². The van der Waals surface area contributed by atoms with Gasteiger partial charge < -0.3 is 15.1 Å². The second-order valence-corrected chi connectivity index (χ2v) is 5.13. The van der Waals surface area contributed by atoms with Gasteiger partial charge in [0.2, 0.25) is 5.91 Å². The molecule has 100 valence electrons. The molecule has 0 saturated carbocycles. The van der Waals surface area contributed by atoms with Gasteiger partial charge in [0.25, 0.3) is 0 Å². The minimum Gasteiger partial charge on any atom is -0.341 e. The lowest BCUT2D eigenvalue weighted by Gasteiger charge is -2.36. The van der Waals surface area contributed by atoms with Crippen LogP contribution in [-0.4, -0.2) is 61.5 Å². The van der Waals surface area contributed by atoms with Crippen LogP contribution < -0.4 is 5.32 Å². The highest BCUT2D eigenvalue weighted by Crippen LogP contribution is 2.17. The molecule has 2 aliphatic heterocycles. The Morgan fingerprint density at radius 3 is 2.47 bits per heavy atom. The van der Waals surface area contributed by atoms with Gasteiger partial charge in [0.15, 0.2) is 0 Å². The van der Waals surface area contributed by atoms with E-state index < -0.39 is 0 Å². The molecule has 0 aromatic heterocycles. The first kappa shape index (κ1) is 14.7. The Hall–Kier alpha value is -0.320. The van der Waals surface area contributed by atoms with Crippen LogP contribution in [0.25, 0.3) is 0 Å². The highest BCUT2D eigenvalue weighted by molar-refractivity contribution is 5.85. The van der Waals surface area contributed by atoms with E-state index in [0.29, 0.717) is 11.9 Å². The second kappa shape index (κ2) is 6.57. The Balaban J connectivity index is 0.00000144. The molecular formula is C12H24ClN3O. The fourth-order valence-electron chi connectivity index (χ4n) is 2.70. The number of rotatable bonds is 2. The Kier molecular flexibility index (Phi) is 5.70. The van der Waals surface area contributed by atoms with E-state index in [0.717, 1.165) is 45.3 Å². The van der Waals surface area contributed by atoms with E-state index in [1.807, 2.05) is 11.9 Å². The van der Waals surface area contributed by atoms with E-state index >= 15 is 0 Å². The number of carbonyl (C=O) groups is 1. The monoisotopic (exact) mass is 261 g/mol. The molecular weight excluding hydrogens is 238 g/mol. The standard InChI is InChI=1S/C12H23N3O.ClH/c1-14-8-5-10(6-9-14)15(2)12(16)11-4-3-7-13-11;/h10-11,13H,3-9H2,1-2H3;1H. The quantitative estimate of drug-likeness (QED) is 0.796. The minimum absolute atomic E-state index is 0. The summed E-state index contributed by atoms with van der Waals surface area (Å²) in [6.07, 6.45) is 4.38. The Labute approximate surface area is 110 Å². The number of carbonyl (C=O) groups excluding carboxylic acids is 1. The largest absolute Gasteiger partial charge is 0.341 e. The van der Waals surface area contributed by atoms with Gasteiger partial charge in [0, 0.05) is 13.1 Å². The van der Waals surface area contributed by atoms with Crippen LogP contribution in [-0.2, 0) is 4.79 Å². The van der Waals surface area contributed by atoms with Crippen molar-refractivity contribution < 1.29 is 4.79 Å². The second-order valence-electron chi connectivity index (χ2n) is 5.13. The number of amides is 1. The van der Waals surface area contributed by atoms with Crippen LogP contribution in [0.1, 0.15) is 25.7 Å². The Morgan fingerprint density at radius 2 is 1.94 bits per heavy atom. The lowest BCUT2D eigenvalue weighted by Crippen LogP contribution is -2.49. The van der Waals surface area contributed by atoms with E-state index in [1.165, 1.54) is 0 Å². The molecule has 0 aromatic carbocycles. The molecule has 2 aliphatic rings. The van der Waals surface area contributed by atoms with Crippen molar-refractivity contribution >= 4 is 18.3 Å². The average Bonchev–Trinajstić information content (AvgIpc) is 2.81. The van der Waals surface area contributed by atoms with Gasteiger partial charge in [0.05, 0.1) is 6.04 Å². The summed E-state index contributed by atoms with van der Waals surface area (Å²) < 4.78 is 0. The molecule has 2 fully saturated rings. The van der Waals surface area contributed by atoms with Crippen molar-refractivity contribution in [2.24, 2.45) is 0 Å². The summed E-state index contributed by atoms with van der Waals surface area (Å²) in [6.45, 7) is 3.22. The average molecular weight is 262 g/mol. The third-order valence-corrected chi connectivity index (χ3v) is 3.94. The zero-order valence-electron chi connectivity index (χ0n) is 10.8. The summed E-state index contributed by atoms with van der Waals surface area (Å²) >= 11 is 0. The van der Waals surface area contributed by atoms with E-state index in [2.05, 4.69) is 17.3 Å². The van der Waals surface area contributed by atoms with E-state index in [9.17, 15) is 4.79 Å². The Morgan fingerprint density at radius 1 is 1.29 bits per heavy atom. The molecule has 5 heteroatoms. The van der Waals surface area contributed by atoms with Gasteiger partial charge in [-0.15, -0.1) is 12.4 Å². The highest BCUT2D eigenvalue weighted by Gasteiger charge is 2.30. The van der Waals surface area contributed by atoms with Crippen LogP contribution >= 0.6 is 12.4 Å². The van der Waals surface area contributed by atoms with Gasteiger partial charge in [-0.25, -0.2) is 0 Å². The molecule has 1 atom stereocenters. The summed E-state index contributed by atoms with van der Waals surface area (Å²) in [7, 11) is 4.12. The number of nitrogens with zero attached hydrogens (tertiary/aromatic N) is 2. The van der Waals surface area contributed by atoms with Crippen LogP contribution in [0.4, 0.5) is 0 Å². The molecule has 0 aliphatic carbocycles. The number of halogens is 1. The molecule has 2 heterocycles. The van der Waals surface area contributed by atoms with Crippen molar-refractivity contribution in [2.45, 2.75) is 37.8 Å². The van der Waals surface area contributed by atoms with E-state index in [4.69, 9.17) is 0 Å². The maximum Gasteiger partial charge on any atom is 0.239 e. The fourth-order valence-corrected chi connectivity index (χ4v) is 2.70. The summed E-state index contributed by atoms with van der Waals surface area (Å²) in [4.78, 5) is 16.5. The van der Waals surface area contributed by atoms with Crippen LogP contribution in [0.15, 0.2) is 0 Å². The van der Waals surface area contributed by atoms with Gasteiger partial charge in [-0.05, 0) is 52.4 Å². The van der Waals surface area contributed by atoms with Gasteiger partial charge in [-0.3, -0.25) is 4.79 Å². The molecule has 0 bridgehead atoms. The third-order valence-electron chi connectivity index (χ3n) is 3.94. The van der Waals surface area contributed by atoms with Crippen molar-refractivity contribution in [3.63, 3.8) is 0 Å². The lowest BCUT2D eigenvalue weighted by molar-refractivity contribution is -0.134. The highest BCUT2D eigenvalue weighted by atomic mass is 35.5.